The van der Waals surface area contributed by atoms with Crippen LogP contribution in [0.5, 0.6) is 0 Å². The lowest BCUT2D eigenvalue weighted by Crippen LogP contribution is -2.45. The normalized spacial score (nSPS) is 25.7. The van der Waals surface area contributed by atoms with Gasteiger partial charge in [0.1, 0.15) is 11.6 Å². The molecule has 3 fully saturated rings. The van der Waals surface area contributed by atoms with Gasteiger partial charge in [0.2, 0.25) is 5.91 Å². The van der Waals surface area contributed by atoms with Crippen molar-refractivity contribution in [3.8, 4) is 0 Å². The van der Waals surface area contributed by atoms with Crippen LogP contribution in [0.2, 0.25) is 0 Å². The van der Waals surface area contributed by atoms with Crippen molar-refractivity contribution in [2.45, 2.75) is 129 Å². The second-order valence-corrected chi connectivity index (χ2v) is 13.2. The SMILES string of the molecule is Cc1sc([C@H](CCN2[C@@H]3CC[C@H]2C[C@H](n2c(C)nnc2C(C)C)C3)NC(=O)C2CCCC2)c(C)c1C. The lowest BCUT2D eigenvalue weighted by molar-refractivity contribution is -0.125. The van der Waals surface area contributed by atoms with E-state index in [9.17, 15) is 4.79 Å². The van der Waals surface area contributed by atoms with Crippen molar-refractivity contribution in [1.29, 1.82) is 0 Å². The molecule has 1 saturated carbocycles. The van der Waals surface area contributed by atoms with Crippen molar-refractivity contribution in [3.05, 3.63) is 32.5 Å². The van der Waals surface area contributed by atoms with Crippen molar-refractivity contribution in [2.24, 2.45) is 5.92 Å². The van der Waals surface area contributed by atoms with E-state index in [0.29, 0.717) is 24.0 Å². The number of carbonyl (C=O) groups is 1. The smallest absolute Gasteiger partial charge is 0.223 e. The first-order valence-corrected chi connectivity index (χ1v) is 15.1. The topological polar surface area (TPSA) is 63.1 Å². The molecule has 2 aromatic rings. The summed E-state index contributed by atoms with van der Waals surface area (Å²) in [4.78, 5) is 18.7. The molecule has 2 aromatic heterocycles. The highest BCUT2D eigenvalue weighted by atomic mass is 32.1. The summed E-state index contributed by atoms with van der Waals surface area (Å²) in [6, 6.07) is 1.87. The maximum absolute atomic E-state index is 13.2. The second-order valence-electron chi connectivity index (χ2n) is 12.0. The Kier molecular flexibility index (Phi) is 7.60. The van der Waals surface area contributed by atoms with E-state index in [-0.39, 0.29) is 17.9 Å². The highest BCUT2D eigenvalue weighted by molar-refractivity contribution is 7.12. The van der Waals surface area contributed by atoms with Crippen LogP contribution in [0.4, 0.5) is 0 Å². The number of fused-ring (bicyclic) bond motifs is 2. The minimum Gasteiger partial charge on any atom is -0.348 e. The van der Waals surface area contributed by atoms with Crippen LogP contribution < -0.4 is 5.32 Å². The molecular weight excluding hydrogens is 466 g/mol. The van der Waals surface area contributed by atoms with Crippen LogP contribution in [0.25, 0.3) is 0 Å². The van der Waals surface area contributed by atoms with Gasteiger partial charge in [-0.05, 0) is 83.8 Å². The van der Waals surface area contributed by atoms with Crippen LogP contribution in [0, 0.1) is 33.6 Å². The van der Waals surface area contributed by atoms with Crippen LogP contribution in [0.1, 0.15) is 122 Å². The summed E-state index contributed by atoms with van der Waals surface area (Å²) in [5.41, 5.74) is 2.77. The molecule has 1 amide bonds. The fourth-order valence-corrected chi connectivity index (χ4v) is 8.44. The zero-order valence-corrected chi connectivity index (χ0v) is 24.0. The fourth-order valence-electron chi connectivity index (χ4n) is 7.18. The summed E-state index contributed by atoms with van der Waals surface area (Å²) in [5.74, 6) is 3.09. The Morgan fingerprint density at radius 3 is 2.22 bits per heavy atom. The number of rotatable bonds is 8. The minimum atomic E-state index is 0.125. The van der Waals surface area contributed by atoms with Gasteiger partial charge in [-0.15, -0.1) is 21.5 Å². The number of nitrogens with zero attached hydrogens (tertiary/aromatic N) is 4. The van der Waals surface area contributed by atoms with Crippen molar-refractivity contribution < 1.29 is 4.79 Å². The minimum absolute atomic E-state index is 0.125. The maximum Gasteiger partial charge on any atom is 0.223 e. The standard InChI is InChI=1S/C29H45N5OS/c1-17(2)28-32-31-21(6)34(28)25-15-23-11-12-24(16-25)33(23)14-13-26(27-19(4)18(3)20(5)36-27)30-29(35)22-9-7-8-10-22/h17,22-26H,7-16H2,1-6H3,(H,30,35)/t23-,24+,25-,26-/m0/s1. The Labute approximate surface area is 221 Å². The van der Waals surface area contributed by atoms with Gasteiger partial charge >= 0.3 is 0 Å². The number of thiophene rings is 1. The largest absolute Gasteiger partial charge is 0.348 e. The molecule has 6 nitrogen and oxygen atoms in total. The molecule has 0 radical (unpaired) electrons. The summed E-state index contributed by atoms with van der Waals surface area (Å²) in [6.45, 7) is 14.3. The van der Waals surface area contributed by atoms with Crippen LogP contribution >= 0.6 is 11.3 Å². The van der Waals surface area contributed by atoms with Gasteiger partial charge in [0, 0.05) is 46.3 Å². The first-order chi connectivity index (χ1) is 17.2. The number of amides is 1. The lowest BCUT2D eigenvalue weighted by Gasteiger charge is -2.40. The molecule has 36 heavy (non-hydrogen) atoms. The van der Waals surface area contributed by atoms with Gasteiger partial charge in [0.15, 0.2) is 0 Å². The molecule has 3 aliphatic rings. The zero-order valence-electron chi connectivity index (χ0n) is 23.1. The Morgan fingerprint density at radius 2 is 1.64 bits per heavy atom. The Hall–Kier alpha value is -1.73. The molecule has 5 rings (SSSR count). The van der Waals surface area contributed by atoms with E-state index in [1.165, 1.54) is 59.4 Å². The van der Waals surface area contributed by atoms with Gasteiger partial charge in [-0.25, -0.2) is 0 Å². The average Bonchev–Trinajstić information content (AvgIpc) is 3.61. The van der Waals surface area contributed by atoms with Crippen LogP contribution in [0.3, 0.4) is 0 Å². The van der Waals surface area contributed by atoms with E-state index in [1.54, 1.807) is 0 Å². The molecular formula is C29H45N5OS. The van der Waals surface area contributed by atoms with Crippen LogP contribution in [0.15, 0.2) is 0 Å². The molecule has 1 aliphatic carbocycles. The molecule has 1 N–H and O–H groups in total. The lowest BCUT2D eigenvalue weighted by atomic mass is 9.95. The Bertz CT molecular complexity index is 1070. The van der Waals surface area contributed by atoms with Gasteiger partial charge in [-0.1, -0.05) is 26.7 Å². The second kappa shape index (κ2) is 10.6. The quantitative estimate of drug-likeness (QED) is 0.452. The first-order valence-electron chi connectivity index (χ1n) is 14.3. The third-order valence-electron chi connectivity index (χ3n) is 9.39. The van der Waals surface area contributed by atoms with Crippen LogP contribution in [-0.4, -0.2) is 44.2 Å². The number of aromatic nitrogens is 3. The van der Waals surface area contributed by atoms with E-state index in [0.717, 1.165) is 37.5 Å². The third-order valence-corrected chi connectivity index (χ3v) is 10.8. The van der Waals surface area contributed by atoms with Gasteiger partial charge in [-0.2, -0.15) is 0 Å². The molecule has 2 saturated heterocycles. The molecule has 0 spiro atoms. The number of hydrogen-bond donors (Lipinski definition) is 1. The molecule has 0 aromatic carbocycles. The monoisotopic (exact) mass is 511 g/mol. The van der Waals surface area contributed by atoms with E-state index in [2.05, 4.69) is 66.5 Å². The van der Waals surface area contributed by atoms with Gasteiger partial charge in [0.05, 0.1) is 6.04 Å². The Morgan fingerprint density at radius 1 is 0.972 bits per heavy atom. The first kappa shape index (κ1) is 25.9. The van der Waals surface area contributed by atoms with E-state index < -0.39 is 0 Å². The highest BCUT2D eigenvalue weighted by Gasteiger charge is 2.42. The number of aryl methyl sites for hydroxylation is 2. The van der Waals surface area contributed by atoms with E-state index in [1.807, 2.05) is 11.3 Å². The van der Waals surface area contributed by atoms with Crippen molar-refractivity contribution in [1.82, 2.24) is 25.0 Å². The van der Waals surface area contributed by atoms with Gasteiger partial charge in [-0.3, -0.25) is 9.69 Å². The third kappa shape index (κ3) is 4.90. The van der Waals surface area contributed by atoms with E-state index in [4.69, 9.17) is 0 Å². The predicted octanol–water partition coefficient (Wildman–Crippen LogP) is 6.30. The van der Waals surface area contributed by atoms with Gasteiger partial charge in [0.25, 0.3) is 0 Å². The molecule has 198 valence electrons. The predicted molar refractivity (Wildman–Crippen MR) is 147 cm³/mol. The van der Waals surface area contributed by atoms with Crippen LogP contribution in [-0.2, 0) is 4.79 Å². The molecule has 0 unspecified atom stereocenters. The summed E-state index contributed by atoms with van der Waals surface area (Å²) in [6.07, 6.45) is 10.4. The Balaban J connectivity index is 1.30. The average molecular weight is 512 g/mol. The summed E-state index contributed by atoms with van der Waals surface area (Å²) in [7, 11) is 0. The molecule has 4 heterocycles. The fraction of sp³-hybridized carbons (Fsp3) is 0.759. The van der Waals surface area contributed by atoms with Crippen molar-refractivity contribution in [2.75, 3.05) is 6.54 Å². The highest BCUT2D eigenvalue weighted by Crippen LogP contribution is 2.43. The van der Waals surface area contributed by atoms with Crippen molar-refractivity contribution in [3.63, 3.8) is 0 Å². The number of carbonyl (C=O) groups excluding carboxylic acids is 1. The summed E-state index contributed by atoms with van der Waals surface area (Å²) < 4.78 is 2.44. The molecule has 2 bridgehead atoms. The maximum atomic E-state index is 13.2. The van der Waals surface area contributed by atoms with Crippen molar-refractivity contribution >= 4 is 17.2 Å². The molecule has 2 aliphatic heterocycles. The number of nitrogens with one attached hydrogen (secondary N) is 1. The molecule has 7 heteroatoms. The molecule has 4 atom stereocenters. The number of hydrogen-bond acceptors (Lipinski definition) is 5. The number of piperidine rings is 1. The summed E-state index contributed by atoms with van der Waals surface area (Å²) in [5, 5.41) is 12.5. The van der Waals surface area contributed by atoms with Gasteiger partial charge < -0.3 is 9.88 Å². The van der Waals surface area contributed by atoms with E-state index >= 15 is 0 Å². The zero-order chi connectivity index (χ0) is 25.6. The summed E-state index contributed by atoms with van der Waals surface area (Å²) >= 11 is 1.89.